The molecule has 0 amide bonds. The fourth-order valence-electron chi connectivity index (χ4n) is 3.73. The van der Waals surface area contributed by atoms with Gasteiger partial charge in [0.1, 0.15) is 12.7 Å². The van der Waals surface area contributed by atoms with E-state index in [1.165, 1.54) is 24.6 Å². The third-order valence-corrected chi connectivity index (χ3v) is 5.44. The molecule has 3 rings (SSSR count). The largest absolute Gasteiger partial charge is 0.465 e. The van der Waals surface area contributed by atoms with Crippen molar-refractivity contribution < 1.29 is 19.1 Å². The molecular formula is C15H17BrN2O6. The lowest BCUT2D eigenvalue weighted by Crippen LogP contribution is -2.33. The second-order valence-corrected chi connectivity index (χ2v) is 7.22. The number of hydrogen-bond donors (Lipinski definition) is 1. The van der Waals surface area contributed by atoms with E-state index in [0.717, 1.165) is 0 Å². The van der Waals surface area contributed by atoms with Crippen LogP contribution < -0.4 is 11.2 Å². The van der Waals surface area contributed by atoms with Gasteiger partial charge >= 0.3 is 17.6 Å². The molecule has 0 aromatic carbocycles. The topological polar surface area (TPSA) is 107 Å². The molecule has 0 radical (unpaired) electrons. The number of esters is 2. The van der Waals surface area contributed by atoms with Gasteiger partial charge < -0.3 is 9.47 Å². The lowest BCUT2D eigenvalue weighted by Gasteiger charge is -2.23. The minimum Gasteiger partial charge on any atom is -0.465 e. The molecule has 1 aromatic rings. The van der Waals surface area contributed by atoms with Gasteiger partial charge in [-0.2, -0.15) is 0 Å². The van der Waals surface area contributed by atoms with Crippen LogP contribution in [0.4, 0.5) is 0 Å². The van der Waals surface area contributed by atoms with Crippen molar-refractivity contribution in [2.24, 2.45) is 11.3 Å². The normalized spacial score (nSPS) is 30.5. The molecule has 2 fully saturated rings. The summed E-state index contributed by atoms with van der Waals surface area (Å²) >= 11 is 3.12. The number of nitrogens with zero attached hydrogens (tertiary/aromatic N) is 1. The third kappa shape index (κ3) is 2.81. The van der Waals surface area contributed by atoms with Gasteiger partial charge in [-0.15, -0.1) is 0 Å². The standard InChI is InChI=1S/C15H17BrN2O6/c1-7(19)23-6-15-4-9(15)11(3-12(15)24-8(2)20)18-5-10(16)13(21)17-14(18)22/h5,9,11-12H,3-4,6H2,1-2H3,(H,17,21,22)/t9-,11+,12+,15+/m1/s1. The van der Waals surface area contributed by atoms with E-state index in [2.05, 4.69) is 20.9 Å². The van der Waals surface area contributed by atoms with Crippen LogP contribution in [0.25, 0.3) is 0 Å². The fourth-order valence-corrected chi connectivity index (χ4v) is 4.05. The van der Waals surface area contributed by atoms with Crippen LogP contribution in [0.3, 0.4) is 0 Å². The number of rotatable bonds is 4. The van der Waals surface area contributed by atoms with E-state index in [9.17, 15) is 19.2 Å². The molecule has 8 nitrogen and oxygen atoms in total. The number of aromatic nitrogens is 2. The van der Waals surface area contributed by atoms with Crippen LogP contribution in [0.5, 0.6) is 0 Å². The summed E-state index contributed by atoms with van der Waals surface area (Å²) < 4.78 is 12.3. The molecule has 24 heavy (non-hydrogen) atoms. The molecule has 2 aliphatic carbocycles. The fraction of sp³-hybridized carbons (Fsp3) is 0.600. The number of nitrogens with one attached hydrogen (secondary N) is 1. The summed E-state index contributed by atoms with van der Waals surface area (Å²) in [5.74, 6) is -0.774. The highest BCUT2D eigenvalue weighted by Crippen LogP contribution is 2.68. The molecule has 0 spiro atoms. The van der Waals surface area contributed by atoms with Crippen LogP contribution in [0.15, 0.2) is 20.3 Å². The first-order chi connectivity index (χ1) is 11.2. The van der Waals surface area contributed by atoms with Crippen molar-refractivity contribution in [3.63, 3.8) is 0 Å². The summed E-state index contributed by atoms with van der Waals surface area (Å²) in [6.07, 6.45) is 2.15. The highest BCUT2D eigenvalue weighted by Gasteiger charge is 2.70. The van der Waals surface area contributed by atoms with Gasteiger partial charge in [-0.1, -0.05) is 0 Å². The number of hydrogen-bond acceptors (Lipinski definition) is 6. The molecule has 1 aromatic heterocycles. The quantitative estimate of drug-likeness (QED) is 0.746. The van der Waals surface area contributed by atoms with Crippen molar-refractivity contribution in [3.05, 3.63) is 31.5 Å². The van der Waals surface area contributed by atoms with Gasteiger partial charge in [-0.25, -0.2) is 4.79 Å². The molecule has 4 atom stereocenters. The Morgan fingerprint density at radius 2 is 2.08 bits per heavy atom. The Morgan fingerprint density at radius 3 is 2.71 bits per heavy atom. The molecule has 0 bridgehead atoms. The predicted octanol–water partition coefficient (Wildman–Crippen LogP) is 0.745. The Hall–Kier alpha value is -1.90. The van der Waals surface area contributed by atoms with Crippen molar-refractivity contribution in [3.8, 4) is 0 Å². The maximum Gasteiger partial charge on any atom is 0.328 e. The van der Waals surface area contributed by atoms with Crippen LogP contribution in [0.1, 0.15) is 32.7 Å². The van der Waals surface area contributed by atoms with E-state index in [1.54, 1.807) is 0 Å². The lowest BCUT2D eigenvalue weighted by molar-refractivity contribution is -0.153. The van der Waals surface area contributed by atoms with Crippen molar-refractivity contribution in [2.75, 3.05) is 6.61 Å². The highest BCUT2D eigenvalue weighted by atomic mass is 79.9. The van der Waals surface area contributed by atoms with Crippen molar-refractivity contribution in [1.29, 1.82) is 0 Å². The number of halogens is 1. The summed E-state index contributed by atoms with van der Waals surface area (Å²) in [4.78, 5) is 48.4. The molecule has 0 unspecified atom stereocenters. The molecule has 2 saturated carbocycles. The first-order valence-electron chi connectivity index (χ1n) is 7.56. The van der Waals surface area contributed by atoms with Crippen LogP contribution >= 0.6 is 15.9 Å². The number of ether oxygens (including phenoxy) is 2. The first kappa shape index (κ1) is 16.9. The minimum atomic E-state index is -0.509. The van der Waals surface area contributed by atoms with E-state index < -0.39 is 34.7 Å². The van der Waals surface area contributed by atoms with Crippen LogP contribution in [0, 0.1) is 11.3 Å². The number of aromatic amines is 1. The molecule has 1 N–H and O–H groups in total. The smallest absolute Gasteiger partial charge is 0.328 e. The van der Waals surface area contributed by atoms with Gasteiger partial charge in [0.05, 0.1) is 4.47 Å². The van der Waals surface area contributed by atoms with Crippen LogP contribution in [0.2, 0.25) is 0 Å². The Labute approximate surface area is 145 Å². The molecule has 130 valence electrons. The second kappa shape index (κ2) is 5.87. The van der Waals surface area contributed by atoms with E-state index >= 15 is 0 Å². The average molecular weight is 401 g/mol. The number of H-pyrrole nitrogens is 1. The van der Waals surface area contributed by atoms with Gasteiger partial charge in [0.15, 0.2) is 0 Å². The van der Waals surface area contributed by atoms with E-state index in [1.807, 2.05) is 0 Å². The zero-order valence-corrected chi connectivity index (χ0v) is 14.8. The molecule has 9 heteroatoms. The number of fused-ring (bicyclic) bond motifs is 1. The summed E-state index contributed by atoms with van der Waals surface area (Å²) in [5, 5.41) is 0. The van der Waals surface area contributed by atoms with Gasteiger partial charge in [-0.05, 0) is 28.3 Å². The summed E-state index contributed by atoms with van der Waals surface area (Å²) in [5.41, 5.74) is -1.46. The number of carbonyl (C=O) groups excluding carboxylic acids is 2. The maximum absolute atomic E-state index is 12.1. The SMILES string of the molecule is CC(=O)OC[C@@]12C[C@@H]1[C@@H](n1cc(Br)c(=O)[nH]c1=O)C[C@@H]2OC(C)=O. The van der Waals surface area contributed by atoms with E-state index in [4.69, 9.17) is 9.47 Å². The second-order valence-electron chi connectivity index (χ2n) is 6.37. The number of carbonyl (C=O) groups is 2. The maximum atomic E-state index is 12.1. The van der Waals surface area contributed by atoms with Gasteiger partial charge in [0, 0.05) is 37.9 Å². The zero-order chi connectivity index (χ0) is 17.6. The first-order valence-corrected chi connectivity index (χ1v) is 8.35. The molecule has 0 aliphatic heterocycles. The van der Waals surface area contributed by atoms with Crippen molar-refractivity contribution >= 4 is 27.9 Å². The average Bonchev–Trinajstić information content (AvgIpc) is 3.14. The summed E-state index contributed by atoms with van der Waals surface area (Å²) in [7, 11) is 0. The van der Waals surface area contributed by atoms with E-state index in [0.29, 0.717) is 12.8 Å². The van der Waals surface area contributed by atoms with Crippen molar-refractivity contribution in [1.82, 2.24) is 9.55 Å². The lowest BCUT2D eigenvalue weighted by atomic mass is 10.0. The Bertz CT molecular complexity index is 815. The van der Waals surface area contributed by atoms with Gasteiger partial charge in [-0.3, -0.25) is 23.9 Å². The Kier molecular flexibility index (Phi) is 4.15. The van der Waals surface area contributed by atoms with Crippen LogP contribution in [-0.4, -0.2) is 34.2 Å². The van der Waals surface area contributed by atoms with Gasteiger partial charge in [0.25, 0.3) is 5.56 Å². The molecule has 2 aliphatic rings. The van der Waals surface area contributed by atoms with Crippen LogP contribution in [-0.2, 0) is 19.1 Å². The molecular weight excluding hydrogens is 384 g/mol. The summed E-state index contributed by atoms with van der Waals surface area (Å²) in [6, 6.07) is -0.231. The minimum absolute atomic E-state index is 0.0386. The predicted molar refractivity (Wildman–Crippen MR) is 85.4 cm³/mol. The van der Waals surface area contributed by atoms with Gasteiger partial charge in [0.2, 0.25) is 0 Å². The Morgan fingerprint density at radius 1 is 1.38 bits per heavy atom. The molecule has 1 heterocycles. The van der Waals surface area contributed by atoms with E-state index in [-0.39, 0.29) is 23.0 Å². The van der Waals surface area contributed by atoms with Crippen molar-refractivity contribution in [2.45, 2.75) is 38.8 Å². The monoisotopic (exact) mass is 400 g/mol. The summed E-state index contributed by atoms with van der Waals surface area (Å²) in [6.45, 7) is 2.80. The Balaban J connectivity index is 1.91. The highest BCUT2D eigenvalue weighted by molar-refractivity contribution is 9.10. The zero-order valence-electron chi connectivity index (χ0n) is 13.2. The molecule has 0 saturated heterocycles. The third-order valence-electron chi connectivity index (χ3n) is 4.87.